The van der Waals surface area contributed by atoms with Gasteiger partial charge >= 0.3 is 5.97 Å². The Hall–Kier alpha value is -1.84. The van der Waals surface area contributed by atoms with Gasteiger partial charge in [0.1, 0.15) is 0 Å². The van der Waals surface area contributed by atoms with Crippen molar-refractivity contribution in [2.45, 2.75) is 6.92 Å². The number of rotatable bonds is 2. The van der Waals surface area contributed by atoms with E-state index in [-0.39, 0.29) is 5.56 Å². The van der Waals surface area contributed by atoms with Gasteiger partial charge < -0.3 is 10.3 Å². The van der Waals surface area contributed by atoms with Gasteiger partial charge in [0.25, 0.3) is 0 Å². The number of carboxylic acid groups (broad SMARTS) is 1. The van der Waals surface area contributed by atoms with Gasteiger partial charge in [-0.2, -0.15) is 0 Å². The second kappa shape index (κ2) is 3.71. The highest BCUT2D eigenvalue weighted by atomic mass is 16.4. The zero-order valence-corrected chi connectivity index (χ0v) is 7.06. The van der Waals surface area contributed by atoms with Crippen molar-refractivity contribution in [3.05, 3.63) is 34.9 Å². The standard InChI is InChI=1S/C9H9NO3/c1-6-4-7(5-10-13)2-3-8(6)9(11)12/h2-5,13H,1H3,(H,11,12). The predicted molar refractivity (Wildman–Crippen MR) is 47.5 cm³/mol. The molecule has 0 spiro atoms. The molecule has 0 aliphatic rings. The van der Waals surface area contributed by atoms with Crippen LogP contribution in [0.1, 0.15) is 21.5 Å². The summed E-state index contributed by atoms with van der Waals surface area (Å²) in [5.74, 6) is -0.954. The van der Waals surface area contributed by atoms with Crippen LogP contribution in [-0.4, -0.2) is 22.5 Å². The first-order chi connectivity index (χ1) is 6.15. The second-order valence-corrected chi connectivity index (χ2v) is 2.62. The van der Waals surface area contributed by atoms with Gasteiger partial charge in [0.2, 0.25) is 0 Å². The highest BCUT2D eigenvalue weighted by Crippen LogP contribution is 2.09. The van der Waals surface area contributed by atoms with Crippen LogP contribution in [0.25, 0.3) is 0 Å². The molecule has 4 nitrogen and oxygen atoms in total. The first kappa shape index (κ1) is 9.25. The summed E-state index contributed by atoms with van der Waals surface area (Å²) in [4.78, 5) is 10.6. The molecular weight excluding hydrogens is 170 g/mol. The van der Waals surface area contributed by atoms with E-state index in [4.69, 9.17) is 10.3 Å². The van der Waals surface area contributed by atoms with Crippen molar-refractivity contribution in [3.63, 3.8) is 0 Å². The molecule has 0 aliphatic carbocycles. The van der Waals surface area contributed by atoms with Gasteiger partial charge in [-0.25, -0.2) is 4.79 Å². The monoisotopic (exact) mass is 179 g/mol. The molecule has 0 fully saturated rings. The summed E-state index contributed by atoms with van der Waals surface area (Å²) in [6.07, 6.45) is 1.25. The number of hydrogen-bond acceptors (Lipinski definition) is 3. The second-order valence-electron chi connectivity index (χ2n) is 2.62. The van der Waals surface area contributed by atoms with Crippen LogP contribution in [0, 0.1) is 6.92 Å². The zero-order chi connectivity index (χ0) is 9.84. The number of aromatic carboxylic acids is 1. The number of nitrogens with zero attached hydrogens (tertiary/aromatic N) is 1. The van der Waals surface area contributed by atoms with Gasteiger partial charge in [0, 0.05) is 0 Å². The van der Waals surface area contributed by atoms with Crippen LogP contribution in [0.4, 0.5) is 0 Å². The molecule has 1 rings (SSSR count). The van der Waals surface area contributed by atoms with Crippen LogP contribution in [-0.2, 0) is 0 Å². The molecule has 1 aromatic rings. The van der Waals surface area contributed by atoms with E-state index in [1.165, 1.54) is 12.3 Å². The molecule has 0 aliphatic heterocycles. The lowest BCUT2D eigenvalue weighted by Crippen LogP contribution is -1.99. The minimum absolute atomic E-state index is 0.259. The van der Waals surface area contributed by atoms with Gasteiger partial charge in [0.05, 0.1) is 11.8 Å². The summed E-state index contributed by atoms with van der Waals surface area (Å²) in [6.45, 7) is 1.69. The van der Waals surface area contributed by atoms with Gasteiger partial charge in [-0.3, -0.25) is 0 Å². The molecule has 68 valence electrons. The lowest BCUT2D eigenvalue weighted by molar-refractivity contribution is 0.0696. The van der Waals surface area contributed by atoms with E-state index in [0.717, 1.165) is 0 Å². The highest BCUT2D eigenvalue weighted by Gasteiger charge is 2.05. The molecule has 0 saturated carbocycles. The van der Waals surface area contributed by atoms with Crippen molar-refractivity contribution >= 4 is 12.2 Å². The number of carboxylic acids is 1. The summed E-state index contributed by atoms with van der Waals surface area (Å²) in [6, 6.07) is 4.70. The predicted octanol–water partition coefficient (Wildman–Crippen LogP) is 1.50. The molecule has 4 heteroatoms. The fraction of sp³-hybridized carbons (Fsp3) is 0.111. The highest BCUT2D eigenvalue weighted by molar-refractivity contribution is 5.91. The quantitative estimate of drug-likeness (QED) is 0.410. The van der Waals surface area contributed by atoms with Crippen molar-refractivity contribution in [2.75, 3.05) is 0 Å². The average molecular weight is 179 g/mol. The molecule has 2 N–H and O–H groups in total. The molecule has 1 aromatic carbocycles. The van der Waals surface area contributed by atoms with E-state index >= 15 is 0 Å². The number of oxime groups is 1. The third-order valence-corrected chi connectivity index (χ3v) is 1.69. The molecule has 0 unspecified atom stereocenters. The van der Waals surface area contributed by atoms with E-state index in [9.17, 15) is 4.79 Å². The van der Waals surface area contributed by atoms with E-state index in [1.54, 1.807) is 19.1 Å². The molecule has 0 aromatic heterocycles. The Balaban J connectivity index is 3.12. The number of benzene rings is 1. The third kappa shape index (κ3) is 2.05. The maximum absolute atomic E-state index is 10.6. The largest absolute Gasteiger partial charge is 0.478 e. The van der Waals surface area contributed by atoms with Crippen LogP contribution < -0.4 is 0 Å². The van der Waals surface area contributed by atoms with Gasteiger partial charge in [-0.15, -0.1) is 0 Å². The summed E-state index contributed by atoms with van der Waals surface area (Å²) in [7, 11) is 0. The SMILES string of the molecule is Cc1cc(C=NO)ccc1C(=O)O. The Bertz CT molecular complexity index is 358. The molecule has 0 amide bonds. The maximum atomic E-state index is 10.6. The molecule has 0 radical (unpaired) electrons. The van der Waals surface area contributed by atoms with Crippen LogP contribution in [0.3, 0.4) is 0 Å². The molecule has 0 atom stereocenters. The Morgan fingerprint density at radius 3 is 2.69 bits per heavy atom. The van der Waals surface area contributed by atoms with E-state index < -0.39 is 5.97 Å². The molecule has 13 heavy (non-hydrogen) atoms. The topological polar surface area (TPSA) is 69.9 Å². The van der Waals surface area contributed by atoms with E-state index in [1.807, 2.05) is 0 Å². The lowest BCUT2D eigenvalue weighted by Gasteiger charge is -2.00. The van der Waals surface area contributed by atoms with Crippen molar-refractivity contribution < 1.29 is 15.1 Å². The fourth-order valence-electron chi connectivity index (χ4n) is 1.07. The Kier molecular flexibility index (Phi) is 2.64. The number of aryl methyl sites for hydroxylation is 1. The Morgan fingerprint density at radius 2 is 2.23 bits per heavy atom. The normalized spacial score (nSPS) is 10.5. The van der Waals surface area contributed by atoms with Crippen LogP contribution in [0.2, 0.25) is 0 Å². The third-order valence-electron chi connectivity index (χ3n) is 1.69. The van der Waals surface area contributed by atoms with Crippen molar-refractivity contribution in [2.24, 2.45) is 5.16 Å². The van der Waals surface area contributed by atoms with Crippen LogP contribution in [0.5, 0.6) is 0 Å². The summed E-state index contributed by atoms with van der Waals surface area (Å²) < 4.78 is 0. The summed E-state index contributed by atoms with van der Waals surface area (Å²) >= 11 is 0. The molecule has 0 saturated heterocycles. The minimum Gasteiger partial charge on any atom is -0.478 e. The molecule has 0 bridgehead atoms. The smallest absolute Gasteiger partial charge is 0.335 e. The van der Waals surface area contributed by atoms with Crippen molar-refractivity contribution in [1.29, 1.82) is 0 Å². The van der Waals surface area contributed by atoms with Crippen LogP contribution >= 0.6 is 0 Å². The fourth-order valence-corrected chi connectivity index (χ4v) is 1.07. The number of carbonyl (C=O) groups is 1. The first-order valence-electron chi connectivity index (χ1n) is 3.66. The average Bonchev–Trinajstić information content (AvgIpc) is 2.04. The minimum atomic E-state index is -0.954. The Labute approximate surface area is 75.1 Å². The first-order valence-corrected chi connectivity index (χ1v) is 3.66. The van der Waals surface area contributed by atoms with E-state index in [0.29, 0.717) is 11.1 Å². The van der Waals surface area contributed by atoms with Crippen LogP contribution in [0.15, 0.2) is 23.4 Å². The molecular formula is C9H9NO3. The lowest BCUT2D eigenvalue weighted by atomic mass is 10.1. The Morgan fingerprint density at radius 1 is 1.54 bits per heavy atom. The van der Waals surface area contributed by atoms with Gasteiger partial charge in [-0.1, -0.05) is 11.2 Å². The maximum Gasteiger partial charge on any atom is 0.335 e. The molecule has 0 heterocycles. The van der Waals surface area contributed by atoms with Gasteiger partial charge in [-0.05, 0) is 30.2 Å². The van der Waals surface area contributed by atoms with Crippen molar-refractivity contribution in [3.8, 4) is 0 Å². The van der Waals surface area contributed by atoms with Gasteiger partial charge in [0.15, 0.2) is 0 Å². The summed E-state index contributed by atoms with van der Waals surface area (Å²) in [5.41, 5.74) is 1.57. The van der Waals surface area contributed by atoms with E-state index in [2.05, 4.69) is 5.16 Å². The number of hydrogen-bond donors (Lipinski definition) is 2. The zero-order valence-electron chi connectivity index (χ0n) is 7.06. The van der Waals surface area contributed by atoms with Crippen molar-refractivity contribution in [1.82, 2.24) is 0 Å². The summed E-state index contributed by atoms with van der Waals surface area (Å²) in [5, 5.41) is 19.8.